The molecule has 0 atom stereocenters. The van der Waals surface area contributed by atoms with Crippen LogP contribution < -0.4 is 5.32 Å². The Morgan fingerprint density at radius 3 is 2.82 bits per heavy atom. The van der Waals surface area contributed by atoms with Crippen molar-refractivity contribution in [1.82, 2.24) is 10.3 Å². The van der Waals surface area contributed by atoms with E-state index in [1.54, 1.807) is 6.92 Å². The predicted molar refractivity (Wildman–Crippen MR) is 68.2 cm³/mol. The van der Waals surface area contributed by atoms with Gasteiger partial charge in [-0.1, -0.05) is 15.9 Å². The van der Waals surface area contributed by atoms with Crippen molar-refractivity contribution in [2.75, 3.05) is 6.54 Å². The number of hydrogen-bond donors (Lipinski definition) is 1. The van der Waals surface area contributed by atoms with Crippen LogP contribution in [0, 0.1) is 12.8 Å². The zero-order chi connectivity index (χ0) is 12.3. The molecule has 5 heteroatoms. The van der Waals surface area contributed by atoms with E-state index in [0.717, 1.165) is 6.54 Å². The number of carbonyl (C=O) groups excluding carboxylic acids is 1. The second kappa shape index (κ2) is 5.67. The zero-order valence-electron chi connectivity index (χ0n) is 9.91. The number of aromatic nitrogens is 1. The van der Waals surface area contributed by atoms with E-state index in [-0.39, 0.29) is 5.91 Å². The van der Waals surface area contributed by atoms with E-state index < -0.39 is 0 Å². The van der Waals surface area contributed by atoms with Crippen molar-refractivity contribution < 1.29 is 9.21 Å². The first-order valence-electron chi connectivity index (χ1n) is 5.99. The summed E-state index contributed by atoms with van der Waals surface area (Å²) in [4.78, 5) is 16.3. The van der Waals surface area contributed by atoms with Crippen molar-refractivity contribution in [2.24, 2.45) is 5.92 Å². The summed E-state index contributed by atoms with van der Waals surface area (Å²) in [6.45, 7) is 2.51. The summed E-state index contributed by atoms with van der Waals surface area (Å²) >= 11 is 3.63. The Bertz CT molecular complexity index is 384. The molecule has 1 saturated carbocycles. The molecule has 1 amide bonds. The highest BCUT2D eigenvalue weighted by Crippen LogP contribution is 2.28. The van der Waals surface area contributed by atoms with Crippen LogP contribution in [0.15, 0.2) is 10.8 Å². The second-order valence-corrected chi connectivity index (χ2v) is 5.89. The van der Waals surface area contributed by atoms with E-state index in [0.29, 0.717) is 22.2 Å². The predicted octanol–water partition coefficient (Wildman–Crippen LogP) is 2.67. The van der Waals surface area contributed by atoms with Gasteiger partial charge in [-0.15, -0.1) is 0 Å². The van der Waals surface area contributed by atoms with Gasteiger partial charge in [0.25, 0.3) is 5.91 Å². The molecule has 1 aromatic heterocycles. The van der Waals surface area contributed by atoms with Crippen LogP contribution >= 0.6 is 15.9 Å². The minimum atomic E-state index is -0.152. The Hall–Kier alpha value is -0.840. The second-order valence-electron chi connectivity index (χ2n) is 4.59. The molecule has 0 spiro atoms. The fraction of sp³-hybridized carbons (Fsp3) is 0.667. The van der Waals surface area contributed by atoms with Gasteiger partial charge in [-0.05, 0) is 38.5 Å². The van der Waals surface area contributed by atoms with Crippen LogP contribution in [-0.2, 0) is 0 Å². The third-order valence-electron chi connectivity index (χ3n) is 3.28. The molecule has 1 N–H and O–H groups in total. The Morgan fingerprint density at radius 2 is 2.24 bits per heavy atom. The number of aryl methyl sites for hydroxylation is 1. The van der Waals surface area contributed by atoms with E-state index in [1.807, 2.05) is 0 Å². The Kier molecular flexibility index (Phi) is 4.20. The summed E-state index contributed by atoms with van der Waals surface area (Å²) in [6.07, 6.45) is 6.04. The van der Waals surface area contributed by atoms with Gasteiger partial charge in [-0.25, -0.2) is 4.98 Å². The molecule has 0 aromatic carbocycles. The smallest absolute Gasteiger partial charge is 0.289 e. The van der Waals surface area contributed by atoms with Crippen LogP contribution in [0.5, 0.6) is 0 Å². The van der Waals surface area contributed by atoms with Crippen molar-refractivity contribution in [2.45, 2.75) is 37.4 Å². The maximum atomic E-state index is 11.8. The molecule has 1 aliphatic rings. The summed E-state index contributed by atoms with van der Waals surface area (Å²) < 4.78 is 5.05. The van der Waals surface area contributed by atoms with Crippen LogP contribution in [0.3, 0.4) is 0 Å². The molecule has 0 radical (unpaired) electrons. The van der Waals surface area contributed by atoms with Gasteiger partial charge in [0.15, 0.2) is 6.39 Å². The molecular weight excluding hydrogens is 284 g/mol. The summed E-state index contributed by atoms with van der Waals surface area (Å²) in [5.41, 5.74) is 0.645. The molecule has 1 aromatic rings. The van der Waals surface area contributed by atoms with Gasteiger partial charge in [-0.3, -0.25) is 4.79 Å². The molecule has 0 saturated heterocycles. The first-order chi connectivity index (χ1) is 8.16. The summed E-state index contributed by atoms with van der Waals surface area (Å²) in [5, 5.41) is 2.92. The third-order valence-corrected chi connectivity index (χ3v) is 4.20. The molecule has 1 fully saturated rings. The standard InChI is InChI=1S/C12H17BrN2O2/c1-8-11(17-7-15-8)12(16)14-6-9-2-4-10(13)5-3-9/h7,9-10H,2-6H2,1H3,(H,14,16). The van der Waals surface area contributed by atoms with E-state index in [9.17, 15) is 4.79 Å². The minimum absolute atomic E-state index is 0.152. The average Bonchev–Trinajstić information content (AvgIpc) is 2.74. The van der Waals surface area contributed by atoms with Gasteiger partial charge in [0, 0.05) is 11.4 Å². The normalized spacial score (nSPS) is 24.6. The monoisotopic (exact) mass is 300 g/mol. The minimum Gasteiger partial charge on any atom is -0.438 e. The molecule has 4 nitrogen and oxygen atoms in total. The lowest BCUT2D eigenvalue weighted by molar-refractivity contribution is 0.0915. The van der Waals surface area contributed by atoms with Gasteiger partial charge in [0.2, 0.25) is 5.76 Å². The summed E-state index contributed by atoms with van der Waals surface area (Å²) in [7, 11) is 0. The van der Waals surface area contributed by atoms with Crippen molar-refractivity contribution in [3.8, 4) is 0 Å². The van der Waals surface area contributed by atoms with Crippen molar-refractivity contribution in [3.63, 3.8) is 0 Å². The number of alkyl halides is 1. The summed E-state index contributed by atoms with van der Waals surface area (Å²) in [6, 6.07) is 0. The van der Waals surface area contributed by atoms with Crippen molar-refractivity contribution in [1.29, 1.82) is 0 Å². The molecule has 1 aliphatic carbocycles. The highest BCUT2D eigenvalue weighted by molar-refractivity contribution is 9.09. The van der Waals surface area contributed by atoms with Gasteiger partial charge in [-0.2, -0.15) is 0 Å². The molecule has 17 heavy (non-hydrogen) atoms. The SMILES string of the molecule is Cc1ncoc1C(=O)NCC1CCC(Br)CC1. The topological polar surface area (TPSA) is 55.1 Å². The Labute approximate surface area is 109 Å². The number of rotatable bonds is 3. The maximum absolute atomic E-state index is 11.8. The van der Waals surface area contributed by atoms with Crippen molar-refractivity contribution >= 4 is 21.8 Å². The fourth-order valence-electron chi connectivity index (χ4n) is 2.16. The number of hydrogen-bond acceptors (Lipinski definition) is 3. The van der Waals surface area contributed by atoms with E-state index >= 15 is 0 Å². The first kappa shape index (κ1) is 12.6. The average molecular weight is 301 g/mol. The first-order valence-corrected chi connectivity index (χ1v) is 6.90. The largest absolute Gasteiger partial charge is 0.438 e. The quantitative estimate of drug-likeness (QED) is 0.873. The fourth-order valence-corrected chi connectivity index (χ4v) is 2.69. The molecule has 0 unspecified atom stereocenters. The van der Waals surface area contributed by atoms with E-state index in [4.69, 9.17) is 4.42 Å². The molecular formula is C12H17BrN2O2. The molecule has 1 heterocycles. The van der Waals surface area contributed by atoms with E-state index in [2.05, 4.69) is 26.2 Å². The Balaban J connectivity index is 1.79. The number of nitrogens with one attached hydrogen (secondary N) is 1. The van der Waals surface area contributed by atoms with Crippen LogP contribution in [0.1, 0.15) is 41.9 Å². The van der Waals surface area contributed by atoms with Crippen LogP contribution in [0.4, 0.5) is 0 Å². The number of oxazole rings is 1. The molecule has 2 rings (SSSR count). The van der Waals surface area contributed by atoms with Crippen LogP contribution in [-0.4, -0.2) is 22.3 Å². The maximum Gasteiger partial charge on any atom is 0.289 e. The zero-order valence-corrected chi connectivity index (χ0v) is 11.5. The van der Waals surface area contributed by atoms with Crippen molar-refractivity contribution in [3.05, 3.63) is 17.8 Å². The van der Waals surface area contributed by atoms with Gasteiger partial charge >= 0.3 is 0 Å². The number of amides is 1. The van der Waals surface area contributed by atoms with Gasteiger partial charge < -0.3 is 9.73 Å². The molecule has 0 aliphatic heterocycles. The van der Waals surface area contributed by atoms with E-state index in [1.165, 1.54) is 32.1 Å². The number of halogens is 1. The lowest BCUT2D eigenvalue weighted by atomic mass is 9.89. The lowest BCUT2D eigenvalue weighted by Crippen LogP contribution is -2.31. The van der Waals surface area contributed by atoms with Gasteiger partial charge in [0.05, 0.1) is 5.69 Å². The number of nitrogens with zero attached hydrogens (tertiary/aromatic N) is 1. The van der Waals surface area contributed by atoms with Crippen LogP contribution in [0.2, 0.25) is 0 Å². The molecule has 0 bridgehead atoms. The van der Waals surface area contributed by atoms with Gasteiger partial charge in [0.1, 0.15) is 0 Å². The highest BCUT2D eigenvalue weighted by Gasteiger charge is 2.21. The lowest BCUT2D eigenvalue weighted by Gasteiger charge is -2.25. The highest BCUT2D eigenvalue weighted by atomic mass is 79.9. The third kappa shape index (κ3) is 3.31. The molecule has 94 valence electrons. The Morgan fingerprint density at radius 1 is 1.53 bits per heavy atom. The van der Waals surface area contributed by atoms with Crippen LogP contribution in [0.25, 0.3) is 0 Å². The summed E-state index contributed by atoms with van der Waals surface area (Å²) in [5.74, 6) is 0.774. The number of carbonyl (C=O) groups is 1.